The Balaban J connectivity index is 0.000000296. The summed E-state index contributed by atoms with van der Waals surface area (Å²) >= 11 is 0. The molecule has 4 rings (SSSR count). The number of nitrogens with one attached hydrogen (secondary N) is 1. The molecule has 2 aliphatic heterocycles. The number of fused-ring (bicyclic) bond motifs is 2. The molecule has 0 bridgehead atoms. The summed E-state index contributed by atoms with van der Waals surface area (Å²) in [6, 6.07) is 0. The molecule has 2 saturated heterocycles. The summed E-state index contributed by atoms with van der Waals surface area (Å²) in [4.78, 5) is 31.3. The van der Waals surface area contributed by atoms with E-state index in [4.69, 9.17) is 15.0 Å². The minimum atomic E-state index is -4.22. The Morgan fingerprint density at radius 3 is 2.12 bits per heavy atom. The number of phosphoric ester groups is 1. The van der Waals surface area contributed by atoms with Gasteiger partial charge in [-0.25, -0.2) is 9.55 Å². The van der Waals surface area contributed by atoms with Crippen molar-refractivity contribution in [2.24, 2.45) is 0 Å². The summed E-state index contributed by atoms with van der Waals surface area (Å²) in [6.07, 6.45) is 8.21. The van der Waals surface area contributed by atoms with Crippen LogP contribution in [0.3, 0.4) is 0 Å². The zero-order valence-electron chi connectivity index (χ0n) is 24.8. The van der Waals surface area contributed by atoms with Crippen molar-refractivity contribution in [2.45, 2.75) is 104 Å². The third kappa shape index (κ3) is 9.04. The maximum Gasteiger partial charge on any atom is 0.472 e. The summed E-state index contributed by atoms with van der Waals surface area (Å²) < 4.78 is 29.3. The number of hydrogen-bond acceptors (Lipinski definition) is 10. The Kier molecular flexibility index (Phi) is 13.8. The molecular weight excluding hydrogens is 555 g/mol. The molecule has 0 aromatic carbocycles. The van der Waals surface area contributed by atoms with Crippen molar-refractivity contribution < 1.29 is 38.3 Å². The first kappa shape index (κ1) is 35.3. The fourth-order valence-corrected chi connectivity index (χ4v) is 6.30. The quantitative estimate of drug-likeness (QED) is 0.193. The molecule has 0 saturated carbocycles. The number of aromatic nitrogens is 4. The number of phosphoric acid groups is 1. The summed E-state index contributed by atoms with van der Waals surface area (Å²) in [5, 5.41) is 10.4. The lowest BCUT2D eigenvalue weighted by molar-refractivity contribution is -0.929. The van der Waals surface area contributed by atoms with Gasteiger partial charge in [0.1, 0.15) is 18.3 Å². The highest BCUT2D eigenvalue weighted by molar-refractivity contribution is 7.47. The molecule has 0 amide bonds. The van der Waals surface area contributed by atoms with Crippen molar-refractivity contribution >= 4 is 24.9 Å². The number of imidazole rings is 1. The van der Waals surface area contributed by atoms with Crippen LogP contribution in [0.25, 0.3) is 11.2 Å². The molecule has 0 radical (unpaired) electrons. The molecule has 2 aromatic heterocycles. The van der Waals surface area contributed by atoms with Gasteiger partial charge in [-0.3, -0.25) is 23.4 Å². The third-order valence-corrected chi connectivity index (χ3v) is 8.62. The normalized spacial score (nSPS) is 25.8. The largest absolute Gasteiger partial charge is 0.870 e. The van der Waals surface area contributed by atoms with E-state index in [9.17, 15) is 19.4 Å². The number of unbranched alkanes of at least 4 members (excludes halogenated alkanes) is 4. The number of hydrogen-bond donors (Lipinski definition) is 4. The zero-order chi connectivity index (χ0) is 29.3. The summed E-state index contributed by atoms with van der Waals surface area (Å²) in [5.41, 5.74) is 5.12. The van der Waals surface area contributed by atoms with Gasteiger partial charge < -0.3 is 30.4 Å². The molecule has 1 unspecified atom stereocenters. The molecule has 0 spiro atoms. The van der Waals surface area contributed by atoms with Crippen LogP contribution < -0.4 is 11.3 Å². The van der Waals surface area contributed by atoms with E-state index in [1.54, 1.807) is 0 Å². The van der Waals surface area contributed by atoms with Crippen LogP contribution in [-0.2, 0) is 18.3 Å². The second-order valence-corrected chi connectivity index (χ2v) is 12.2. The van der Waals surface area contributed by atoms with Gasteiger partial charge in [-0.1, -0.05) is 53.4 Å². The van der Waals surface area contributed by atoms with E-state index in [2.05, 4.69) is 47.2 Å². The highest BCUT2D eigenvalue weighted by Crippen LogP contribution is 2.52. The van der Waals surface area contributed by atoms with E-state index in [0.717, 1.165) is 0 Å². The van der Waals surface area contributed by atoms with Crippen molar-refractivity contribution in [3.8, 4) is 0 Å². The molecule has 236 valence electrons. The zero-order valence-corrected chi connectivity index (χ0v) is 25.7. The van der Waals surface area contributed by atoms with Gasteiger partial charge in [0.2, 0.25) is 5.95 Å². The van der Waals surface area contributed by atoms with Gasteiger partial charge in [-0.15, -0.1) is 0 Å². The Morgan fingerprint density at radius 2 is 1.61 bits per heavy atom. The topological polar surface area (TPSA) is 205 Å². The first-order valence-corrected chi connectivity index (χ1v) is 16.2. The second-order valence-electron chi connectivity index (χ2n) is 10.8. The van der Waals surface area contributed by atoms with Crippen LogP contribution in [0.15, 0.2) is 11.1 Å². The minimum Gasteiger partial charge on any atom is -0.870 e. The molecule has 0 aliphatic carbocycles. The summed E-state index contributed by atoms with van der Waals surface area (Å²) in [5.74, 6) is -0.117. The number of anilines is 1. The number of aromatic amines is 1. The number of nitrogens with zero attached hydrogens (tertiary/aromatic N) is 4. The molecule has 2 fully saturated rings. The maximum absolute atomic E-state index is 11.8. The average Bonchev–Trinajstić information content (AvgIpc) is 3.48. The van der Waals surface area contributed by atoms with Crippen molar-refractivity contribution in [2.75, 3.05) is 38.5 Å². The summed E-state index contributed by atoms with van der Waals surface area (Å²) in [6.45, 7) is 14.8. The lowest BCUT2D eigenvalue weighted by Gasteiger charge is -2.39. The number of rotatable bonds is 13. The lowest BCUT2D eigenvalue weighted by Crippen LogP contribution is -2.50. The van der Waals surface area contributed by atoms with Gasteiger partial charge in [0.15, 0.2) is 17.4 Å². The lowest BCUT2D eigenvalue weighted by atomic mass is 10.1. The number of nitrogens with two attached hydrogens (primary N) is 1. The number of H-pyrrole nitrogens is 1. The van der Waals surface area contributed by atoms with Crippen LogP contribution in [0.2, 0.25) is 0 Å². The Labute approximate surface area is 241 Å². The molecule has 2 aliphatic rings. The predicted molar refractivity (Wildman–Crippen MR) is 154 cm³/mol. The van der Waals surface area contributed by atoms with Gasteiger partial charge in [0.05, 0.1) is 39.1 Å². The first-order valence-electron chi connectivity index (χ1n) is 14.7. The molecule has 41 heavy (non-hydrogen) atoms. The maximum atomic E-state index is 11.8. The monoisotopic (exact) mass is 604 g/mol. The van der Waals surface area contributed by atoms with Crippen molar-refractivity contribution in [1.82, 2.24) is 19.5 Å². The van der Waals surface area contributed by atoms with E-state index in [1.165, 1.54) is 92.9 Å². The van der Waals surface area contributed by atoms with Gasteiger partial charge in [0.25, 0.3) is 5.56 Å². The molecule has 6 N–H and O–H groups in total. The number of quaternary nitrogens is 1. The van der Waals surface area contributed by atoms with Crippen LogP contribution >= 0.6 is 7.82 Å². The first-order chi connectivity index (χ1) is 19.1. The Bertz CT molecular complexity index is 1140. The molecule has 15 heteroatoms. The molecule has 4 heterocycles. The van der Waals surface area contributed by atoms with Gasteiger partial charge >= 0.3 is 7.82 Å². The highest BCUT2D eigenvalue weighted by atomic mass is 31.2. The van der Waals surface area contributed by atoms with E-state index < -0.39 is 37.9 Å². The average molecular weight is 605 g/mol. The minimum absolute atomic E-state index is 0. The van der Waals surface area contributed by atoms with Crippen LogP contribution in [-0.4, -0.2) is 90.6 Å². The van der Waals surface area contributed by atoms with Crippen LogP contribution in [0.4, 0.5) is 5.95 Å². The van der Waals surface area contributed by atoms with Crippen LogP contribution in [0.5, 0.6) is 0 Å². The Hall–Kier alpha value is -1.90. The predicted octanol–water partition coefficient (Wildman–Crippen LogP) is 3.30. The molecular formula is C26H49N6O8P. The van der Waals surface area contributed by atoms with Crippen LogP contribution in [0.1, 0.15) is 85.3 Å². The van der Waals surface area contributed by atoms with E-state index in [0.29, 0.717) is 0 Å². The number of aliphatic hydroxyl groups is 1. The highest BCUT2D eigenvalue weighted by Gasteiger charge is 2.52. The number of nitrogen functional groups attached to an aromatic ring is 1. The van der Waals surface area contributed by atoms with E-state index in [1.807, 2.05) is 0 Å². The number of ether oxygens (including phenoxy) is 1. The molecule has 2 aromatic rings. The van der Waals surface area contributed by atoms with Crippen molar-refractivity contribution in [3.63, 3.8) is 0 Å². The van der Waals surface area contributed by atoms with Gasteiger partial charge in [-0.05, 0) is 25.7 Å². The molecule has 14 nitrogen and oxygen atoms in total. The van der Waals surface area contributed by atoms with E-state index >= 15 is 0 Å². The third-order valence-electron chi connectivity index (χ3n) is 7.64. The standard InChI is InChI=1S/C16H36N.C10H12N5O7P.H2O/c1-5-9-13-17(14-10-6-2,15-11-7-3)16-12-8-4;11-10-13-7-4(8(17)14-10)12-2-15(7)9-5(16)6-3(21-9)1-20-23(18,19)22-6;/h5-16H2,1-4H3;2-3,5-6,9,16H,1H2,(H,18,19)(H3,11,13,14,17);1H2/q+1;;/p-1/t;3-,5-,6-,9-;/m.1./s1. The van der Waals surface area contributed by atoms with E-state index in [-0.39, 0.29) is 29.2 Å². The molecule has 5 atom stereocenters. The van der Waals surface area contributed by atoms with Gasteiger partial charge in [-0.2, -0.15) is 4.98 Å². The van der Waals surface area contributed by atoms with Crippen molar-refractivity contribution in [1.29, 1.82) is 0 Å². The smallest absolute Gasteiger partial charge is 0.472 e. The fraction of sp³-hybridized carbons (Fsp3) is 0.808. The fourth-order valence-electron chi connectivity index (χ4n) is 5.34. The summed E-state index contributed by atoms with van der Waals surface area (Å²) in [7, 11) is -4.22. The number of aliphatic hydroxyl groups excluding tert-OH is 1. The Morgan fingerprint density at radius 1 is 1.07 bits per heavy atom. The second kappa shape index (κ2) is 16.1. The van der Waals surface area contributed by atoms with Gasteiger partial charge in [0, 0.05) is 0 Å². The SMILES string of the molecule is CCCC[N+](CCCC)(CCCC)CCCC.Nc1nc2c(ncn2[C@@H]2O[C@@H]3COP(=O)(O)O[C@H]3[C@H]2O)c(=O)[nH]1.[OH-]. The van der Waals surface area contributed by atoms with Crippen LogP contribution in [0, 0.1) is 0 Å². The van der Waals surface area contributed by atoms with Crippen molar-refractivity contribution in [3.05, 3.63) is 16.7 Å².